The van der Waals surface area contributed by atoms with Crippen LogP contribution < -0.4 is 0 Å². The molecule has 1 atom stereocenters. The van der Waals surface area contributed by atoms with Crippen molar-refractivity contribution in [2.45, 2.75) is 46.6 Å². The van der Waals surface area contributed by atoms with E-state index in [0.29, 0.717) is 0 Å². The van der Waals surface area contributed by atoms with Gasteiger partial charge >= 0.3 is 0 Å². The van der Waals surface area contributed by atoms with Gasteiger partial charge in [-0.3, -0.25) is 4.98 Å². The lowest BCUT2D eigenvalue weighted by atomic mass is 9.87. The van der Waals surface area contributed by atoms with E-state index < -0.39 is 0 Å². The van der Waals surface area contributed by atoms with Crippen molar-refractivity contribution < 1.29 is 5.11 Å². The number of rotatable bonds is 3. The van der Waals surface area contributed by atoms with Gasteiger partial charge < -0.3 is 5.11 Å². The number of aromatic nitrogens is 1. The molecule has 1 aromatic heterocycles. The van der Waals surface area contributed by atoms with Crippen molar-refractivity contribution in [2.75, 3.05) is 0 Å². The third kappa shape index (κ3) is 4.00. The minimum absolute atomic E-state index is 0.280. The highest BCUT2D eigenvalue weighted by Crippen LogP contribution is 2.28. The Kier molecular flexibility index (Phi) is 3.86. The summed E-state index contributed by atoms with van der Waals surface area (Å²) in [6.45, 7) is 8.57. The molecule has 0 bridgehead atoms. The average Bonchev–Trinajstić information content (AvgIpc) is 2.14. The topological polar surface area (TPSA) is 33.1 Å². The van der Waals surface area contributed by atoms with E-state index in [0.717, 1.165) is 24.0 Å². The van der Waals surface area contributed by atoms with E-state index in [1.54, 1.807) is 12.4 Å². The molecule has 0 saturated heterocycles. The van der Waals surface area contributed by atoms with Crippen molar-refractivity contribution in [2.24, 2.45) is 5.41 Å². The maximum Gasteiger partial charge on any atom is 0.0793 e. The van der Waals surface area contributed by atoms with Crippen LogP contribution in [0.2, 0.25) is 0 Å². The number of hydrogen-bond acceptors (Lipinski definition) is 2. The fourth-order valence-electron chi connectivity index (χ4n) is 1.58. The molecular weight excluding hydrogens is 186 g/mol. The lowest BCUT2D eigenvalue weighted by molar-refractivity contribution is 0.147. The van der Waals surface area contributed by atoms with Gasteiger partial charge in [-0.05, 0) is 42.4 Å². The lowest BCUT2D eigenvalue weighted by Gasteiger charge is -2.21. The number of nitrogens with zero attached hydrogens (tertiary/aromatic N) is 1. The quantitative estimate of drug-likeness (QED) is 0.825. The second-order valence-corrected chi connectivity index (χ2v) is 5.35. The molecule has 1 N–H and O–H groups in total. The van der Waals surface area contributed by atoms with Gasteiger partial charge in [0.1, 0.15) is 0 Å². The van der Waals surface area contributed by atoms with Gasteiger partial charge in [-0.2, -0.15) is 0 Å². The second-order valence-electron chi connectivity index (χ2n) is 5.35. The number of pyridine rings is 1. The molecule has 0 aromatic carbocycles. The summed E-state index contributed by atoms with van der Waals surface area (Å²) in [4.78, 5) is 4.03. The summed E-state index contributed by atoms with van der Waals surface area (Å²) >= 11 is 0. The first-order valence-corrected chi connectivity index (χ1v) is 5.49. The van der Waals surface area contributed by atoms with E-state index in [4.69, 9.17) is 0 Å². The lowest BCUT2D eigenvalue weighted by Crippen LogP contribution is -2.09. The Bertz CT molecular complexity index is 315. The Labute approximate surface area is 92.4 Å². The Hall–Kier alpha value is -0.890. The maximum atomic E-state index is 10.0. The maximum absolute atomic E-state index is 10.0. The summed E-state index contributed by atoms with van der Waals surface area (Å²) in [6, 6.07) is 1.91. The Morgan fingerprint density at radius 3 is 2.60 bits per heavy atom. The van der Waals surface area contributed by atoms with Crippen LogP contribution in [0, 0.1) is 12.3 Å². The van der Waals surface area contributed by atoms with E-state index in [1.165, 1.54) is 0 Å². The molecule has 0 saturated carbocycles. The number of hydrogen-bond donors (Lipinski definition) is 1. The predicted octanol–water partition coefficient (Wildman–Crippen LogP) is 3.25. The predicted molar refractivity (Wildman–Crippen MR) is 62.6 cm³/mol. The molecule has 1 rings (SSSR count). The van der Waals surface area contributed by atoms with Gasteiger partial charge in [-0.25, -0.2) is 0 Å². The zero-order valence-corrected chi connectivity index (χ0v) is 10.1. The highest BCUT2D eigenvalue weighted by atomic mass is 16.3. The van der Waals surface area contributed by atoms with E-state index in [9.17, 15) is 5.11 Å². The van der Waals surface area contributed by atoms with Gasteiger partial charge in [0.25, 0.3) is 0 Å². The van der Waals surface area contributed by atoms with E-state index in [2.05, 4.69) is 25.8 Å². The summed E-state index contributed by atoms with van der Waals surface area (Å²) < 4.78 is 0. The molecule has 15 heavy (non-hydrogen) atoms. The molecule has 0 aliphatic rings. The Balaban J connectivity index is 2.62. The highest BCUT2D eigenvalue weighted by Gasteiger charge is 2.15. The molecule has 2 nitrogen and oxygen atoms in total. The first-order chi connectivity index (χ1) is 6.90. The molecule has 0 amide bonds. The highest BCUT2D eigenvalue weighted by molar-refractivity contribution is 5.23. The number of aliphatic hydroxyl groups is 1. The van der Waals surface area contributed by atoms with Crippen LogP contribution in [0.5, 0.6) is 0 Å². The van der Waals surface area contributed by atoms with Crippen LogP contribution in [0.15, 0.2) is 18.5 Å². The van der Waals surface area contributed by atoms with Crippen LogP contribution in [-0.2, 0) is 0 Å². The van der Waals surface area contributed by atoms with E-state index >= 15 is 0 Å². The molecule has 1 aromatic rings. The molecule has 0 aliphatic heterocycles. The standard InChI is InChI=1S/C13H21NO/c1-10-9-14-8-6-11(10)12(15)5-7-13(2,3)4/h6,8-9,12,15H,5,7H2,1-4H3. The van der Waals surface area contributed by atoms with Crippen LogP contribution in [-0.4, -0.2) is 10.1 Å². The van der Waals surface area contributed by atoms with Crippen LogP contribution in [0.25, 0.3) is 0 Å². The molecule has 2 heteroatoms. The molecule has 0 fully saturated rings. The Morgan fingerprint density at radius 2 is 2.07 bits per heavy atom. The second kappa shape index (κ2) is 4.75. The fourth-order valence-corrected chi connectivity index (χ4v) is 1.58. The average molecular weight is 207 g/mol. The normalized spacial score (nSPS) is 13.9. The van der Waals surface area contributed by atoms with Gasteiger partial charge in [0, 0.05) is 12.4 Å². The smallest absolute Gasteiger partial charge is 0.0793 e. The molecule has 0 aliphatic carbocycles. The third-order valence-corrected chi connectivity index (χ3v) is 2.59. The van der Waals surface area contributed by atoms with Crippen molar-refractivity contribution in [1.82, 2.24) is 4.98 Å². The molecule has 0 spiro atoms. The third-order valence-electron chi connectivity index (χ3n) is 2.59. The van der Waals surface area contributed by atoms with E-state index in [1.807, 2.05) is 13.0 Å². The van der Waals surface area contributed by atoms with Crippen LogP contribution in [0.4, 0.5) is 0 Å². The summed E-state index contributed by atoms with van der Waals surface area (Å²) in [7, 11) is 0. The van der Waals surface area contributed by atoms with Crippen molar-refractivity contribution in [3.8, 4) is 0 Å². The van der Waals surface area contributed by atoms with Gasteiger partial charge in [-0.15, -0.1) is 0 Å². The van der Waals surface area contributed by atoms with Crippen LogP contribution in [0.1, 0.15) is 50.8 Å². The van der Waals surface area contributed by atoms with E-state index in [-0.39, 0.29) is 11.5 Å². The largest absolute Gasteiger partial charge is 0.388 e. The summed E-state index contributed by atoms with van der Waals surface area (Å²) in [6.07, 6.45) is 5.02. The van der Waals surface area contributed by atoms with Crippen LogP contribution >= 0.6 is 0 Å². The molecule has 0 radical (unpaired) electrons. The molecule has 1 heterocycles. The Morgan fingerprint density at radius 1 is 1.40 bits per heavy atom. The first-order valence-electron chi connectivity index (χ1n) is 5.49. The monoisotopic (exact) mass is 207 g/mol. The summed E-state index contributed by atoms with van der Waals surface area (Å²) in [5.41, 5.74) is 2.36. The zero-order chi connectivity index (χ0) is 11.5. The SMILES string of the molecule is Cc1cnccc1C(O)CCC(C)(C)C. The molecular formula is C13H21NO. The number of aryl methyl sites for hydroxylation is 1. The van der Waals surface area contributed by atoms with Crippen LogP contribution in [0.3, 0.4) is 0 Å². The fraction of sp³-hybridized carbons (Fsp3) is 0.615. The van der Waals surface area contributed by atoms with Gasteiger partial charge in [0.15, 0.2) is 0 Å². The first kappa shape index (κ1) is 12.2. The van der Waals surface area contributed by atoms with Crippen molar-refractivity contribution in [1.29, 1.82) is 0 Å². The summed E-state index contributed by atoms with van der Waals surface area (Å²) in [5, 5.41) is 10.0. The van der Waals surface area contributed by atoms with Crippen molar-refractivity contribution in [3.63, 3.8) is 0 Å². The van der Waals surface area contributed by atoms with Gasteiger partial charge in [-0.1, -0.05) is 20.8 Å². The zero-order valence-electron chi connectivity index (χ0n) is 10.1. The summed E-state index contributed by atoms with van der Waals surface area (Å²) in [5.74, 6) is 0. The van der Waals surface area contributed by atoms with Gasteiger partial charge in [0.05, 0.1) is 6.10 Å². The minimum atomic E-state index is -0.354. The molecule has 1 unspecified atom stereocenters. The number of aliphatic hydroxyl groups excluding tert-OH is 1. The van der Waals surface area contributed by atoms with Crippen molar-refractivity contribution >= 4 is 0 Å². The minimum Gasteiger partial charge on any atom is -0.388 e. The molecule has 84 valence electrons. The van der Waals surface area contributed by atoms with Crippen molar-refractivity contribution in [3.05, 3.63) is 29.6 Å². The van der Waals surface area contributed by atoms with Gasteiger partial charge in [0.2, 0.25) is 0 Å².